The zero-order chi connectivity index (χ0) is 14.0. The summed E-state index contributed by atoms with van der Waals surface area (Å²) in [6.07, 6.45) is 0. The number of benzene rings is 1. The molecule has 0 unspecified atom stereocenters. The Hall–Kier alpha value is -0.870. The third kappa shape index (κ3) is 4.10. The van der Waals surface area contributed by atoms with Gasteiger partial charge in [0.25, 0.3) is 0 Å². The maximum Gasteiger partial charge on any atom is 0.211 e. The van der Waals surface area contributed by atoms with Gasteiger partial charge in [-0.15, -0.1) is 0 Å². The van der Waals surface area contributed by atoms with Crippen LogP contribution in [0.5, 0.6) is 0 Å². The summed E-state index contributed by atoms with van der Waals surface area (Å²) in [7, 11) is -3.13. The molecule has 102 valence electrons. The molecule has 0 amide bonds. The van der Waals surface area contributed by atoms with Crippen LogP contribution < -0.4 is 4.72 Å². The van der Waals surface area contributed by atoms with Crippen molar-refractivity contribution in [2.75, 3.05) is 5.75 Å². The molecule has 1 aromatic carbocycles. The summed E-state index contributed by atoms with van der Waals surface area (Å²) < 4.78 is 25.5. The summed E-state index contributed by atoms with van der Waals surface area (Å²) in [6, 6.07) is 6.25. The van der Waals surface area contributed by atoms with Crippen molar-refractivity contribution in [2.24, 2.45) is 0 Å². The number of sulfonamides is 1. The minimum atomic E-state index is -3.13. The average Bonchev–Trinajstić information content (AvgIpc) is 2.26. The second-order valence-corrected chi connectivity index (χ2v) is 7.71. The maximum absolute atomic E-state index is 11.5. The average molecular weight is 269 g/mol. The minimum absolute atomic E-state index is 0.0755. The fourth-order valence-electron chi connectivity index (χ4n) is 1.62. The van der Waals surface area contributed by atoms with Gasteiger partial charge in [0.15, 0.2) is 0 Å². The molecular formula is C14H23NO2S. The Morgan fingerprint density at radius 1 is 1.22 bits per heavy atom. The van der Waals surface area contributed by atoms with Gasteiger partial charge in [0, 0.05) is 6.54 Å². The lowest BCUT2D eigenvalue weighted by molar-refractivity contribution is 0.580. The van der Waals surface area contributed by atoms with E-state index in [4.69, 9.17) is 0 Å². The van der Waals surface area contributed by atoms with E-state index in [9.17, 15) is 8.42 Å². The molecular weight excluding hydrogens is 246 g/mol. The number of hydrogen-bond donors (Lipinski definition) is 1. The molecule has 0 spiro atoms. The molecule has 0 atom stereocenters. The van der Waals surface area contributed by atoms with Gasteiger partial charge in [0.05, 0.1) is 5.75 Å². The zero-order valence-corrected chi connectivity index (χ0v) is 12.7. The molecule has 0 aromatic heterocycles. The Morgan fingerprint density at radius 2 is 1.83 bits per heavy atom. The first kappa shape index (κ1) is 15.2. The van der Waals surface area contributed by atoms with E-state index in [1.54, 1.807) is 6.92 Å². The first-order valence-corrected chi connectivity index (χ1v) is 7.88. The Balaban J connectivity index is 2.96. The predicted octanol–water partition coefficient (Wildman–Crippen LogP) is 2.73. The van der Waals surface area contributed by atoms with Crippen molar-refractivity contribution in [2.45, 2.75) is 46.6 Å². The molecule has 18 heavy (non-hydrogen) atoms. The second kappa shape index (κ2) is 5.41. The van der Waals surface area contributed by atoms with E-state index in [-0.39, 0.29) is 11.2 Å². The fraction of sp³-hybridized carbons (Fsp3) is 0.571. The quantitative estimate of drug-likeness (QED) is 0.913. The van der Waals surface area contributed by atoms with Crippen molar-refractivity contribution in [3.05, 3.63) is 34.9 Å². The van der Waals surface area contributed by atoms with Crippen molar-refractivity contribution in [3.63, 3.8) is 0 Å². The third-order valence-corrected chi connectivity index (χ3v) is 4.42. The molecule has 0 aliphatic rings. The molecule has 0 bridgehead atoms. The van der Waals surface area contributed by atoms with Gasteiger partial charge in [0.1, 0.15) is 0 Å². The highest BCUT2D eigenvalue weighted by atomic mass is 32.2. The summed E-state index contributed by atoms with van der Waals surface area (Å²) in [5.74, 6) is 0.116. The van der Waals surface area contributed by atoms with E-state index in [1.807, 2.05) is 6.92 Å². The summed E-state index contributed by atoms with van der Waals surface area (Å²) in [5, 5.41) is 0. The van der Waals surface area contributed by atoms with Gasteiger partial charge in [-0.1, -0.05) is 39.0 Å². The highest BCUT2D eigenvalue weighted by Crippen LogP contribution is 2.24. The van der Waals surface area contributed by atoms with Crippen LogP contribution in [0.15, 0.2) is 18.2 Å². The Morgan fingerprint density at radius 3 is 2.33 bits per heavy atom. The Labute approximate surface area is 111 Å². The zero-order valence-electron chi connectivity index (χ0n) is 11.9. The van der Waals surface area contributed by atoms with E-state index >= 15 is 0 Å². The first-order chi connectivity index (χ1) is 8.15. The van der Waals surface area contributed by atoms with E-state index in [1.165, 1.54) is 5.56 Å². The minimum Gasteiger partial charge on any atom is -0.212 e. The summed E-state index contributed by atoms with van der Waals surface area (Å²) >= 11 is 0. The van der Waals surface area contributed by atoms with Crippen molar-refractivity contribution < 1.29 is 8.42 Å². The van der Waals surface area contributed by atoms with Crippen molar-refractivity contribution in [1.29, 1.82) is 0 Å². The van der Waals surface area contributed by atoms with Crippen molar-refractivity contribution in [1.82, 2.24) is 4.72 Å². The number of rotatable bonds is 4. The van der Waals surface area contributed by atoms with E-state index < -0.39 is 10.0 Å². The maximum atomic E-state index is 11.5. The van der Waals surface area contributed by atoms with Crippen molar-refractivity contribution >= 4 is 10.0 Å². The largest absolute Gasteiger partial charge is 0.212 e. The normalized spacial score (nSPS) is 12.7. The molecule has 1 N–H and O–H groups in total. The summed E-state index contributed by atoms with van der Waals surface area (Å²) in [6.45, 7) is 10.5. The monoisotopic (exact) mass is 269 g/mol. The van der Waals surface area contributed by atoms with Gasteiger partial charge in [-0.2, -0.15) is 0 Å². The van der Waals surface area contributed by atoms with Gasteiger partial charge in [0.2, 0.25) is 10.0 Å². The molecule has 4 heteroatoms. The summed E-state index contributed by atoms with van der Waals surface area (Å²) in [4.78, 5) is 0. The molecule has 3 nitrogen and oxygen atoms in total. The summed E-state index contributed by atoms with van der Waals surface area (Å²) in [5.41, 5.74) is 3.45. The molecule has 1 aromatic rings. The first-order valence-electron chi connectivity index (χ1n) is 6.23. The van der Waals surface area contributed by atoms with Gasteiger partial charge in [-0.25, -0.2) is 13.1 Å². The SMILES string of the molecule is CCS(=O)(=O)NCc1cc(C(C)(C)C)ccc1C. The lowest BCUT2D eigenvalue weighted by atomic mass is 9.85. The van der Waals surface area contributed by atoms with Crippen molar-refractivity contribution in [3.8, 4) is 0 Å². The molecule has 1 rings (SSSR count). The number of hydrogen-bond acceptors (Lipinski definition) is 2. The fourth-order valence-corrected chi connectivity index (χ4v) is 2.20. The van der Waals surface area contributed by atoms with Crippen LogP contribution in [0.25, 0.3) is 0 Å². The highest BCUT2D eigenvalue weighted by molar-refractivity contribution is 7.89. The van der Waals surface area contributed by atoms with Gasteiger partial charge >= 0.3 is 0 Å². The topological polar surface area (TPSA) is 46.2 Å². The van der Waals surface area contributed by atoms with Crippen LogP contribution in [0, 0.1) is 6.92 Å². The van der Waals surface area contributed by atoms with E-state index in [0.29, 0.717) is 6.54 Å². The van der Waals surface area contributed by atoms with Crippen LogP contribution in [-0.4, -0.2) is 14.2 Å². The second-order valence-electron chi connectivity index (χ2n) is 5.62. The van der Waals surface area contributed by atoms with Gasteiger partial charge < -0.3 is 0 Å². The molecule has 0 fully saturated rings. The lowest BCUT2D eigenvalue weighted by Gasteiger charge is -2.21. The smallest absolute Gasteiger partial charge is 0.211 e. The van der Waals surface area contributed by atoms with Gasteiger partial charge in [-0.3, -0.25) is 0 Å². The highest BCUT2D eigenvalue weighted by Gasteiger charge is 2.15. The van der Waals surface area contributed by atoms with Crippen LogP contribution in [0.2, 0.25) is 0 Å². The number of aryl methyl sites for hydroxylation is 1. The van der Waals surface area contributed by atoms with Crippen LogP contribution in [0.1, 0.15) is 44.4 Å². The molecule has 0 heterocycles. The standard InChI is InChI=1S/C14H23NO2S/c1-6-18(16,17)15-10-12-9-13(14(3,4)5)8-7-11(12)2/h7-9,15H,6,10H2,1-5H3. The number of nitrogens with one attached hydrogen (secondary N) is 1. The van der Waals surface area contributed by atoms with E-state index in [2.05, 4.69) is 43.7 Å². The van der Waals surface area contributed by atoms with Crippen LogP contribution in [0.4, 0.5) is 0 Å². The molecule has 0 radical (unpaired) electrons. The lowest BCUT2D eigenvalue weighted by Crippen LogP contribution is -2.25. The predicted molar refractivity (Wildman–Crippen MR) is 76.2 cm³/mol. The molecule has 0 aliphatic carbocycles. The van der Waals surface area contributed by atoms with Crippen LogP contribution in [0.3, 0.4) is 0 Å². The van der Waals surface area contributed by atoms with Crippen LogP contribution in [-0.2, 0) is 22.0 Å². The third-order valence-electron chi connectivity index (χ3n) is 3.08. The molecule has 0 aliphatic heterocycles. The van der Waals surface area contributed by atoms with Crippen LogP contribution >= 0.6 is 0 Å². The van der Waals surface area contributed by atoms with E-state index in [0.717, 1.165) is 11.1 Å². The Bertz CT molecular complexity index is 513. The molecule has 0 saturated heterocycles. The Kier molecular flexibility index (Phi) is 4.56. The molecule has 0 saturated carbocycles. The van der Waals surface area contributed by atoms with Gasteiger partial charge in [-0.05, 0) is 36.0 Å².